The highest BCUT2D eigenvalue weighted by Crippen LogP contribution is 2.12. The molecule has 0 unspecified atom stereocenters. The summed E-state index contributed by atoms with van der Waals surface area (Å²) in [5.74, 6) is 1.13. The van der Waals surface area contributed by atoms with Gasteiger partial charge in [0.05, 0.1) is 0 Å². The minimum atomic E-state index is -0.725. The van der Waals surface area contributed by atoms with Crippen LogP contribution in [0.15, 0.2) is 18.2 Å². The molecule has 1 saturated heterocycles. The quantitative estimate of drug-likeness (QED) is 0.872. The van der Waals surface area contributed by atoms with Crippen molar-refractivity contribution >= 4 is 11.9 Å². The Morgan fingerprint density at radius 3 is 2.45 bits per heavy atom. The molecule has 0 atom stereocenters. The van der Waals surface area contributed by atoms with Gasteiger partial charge in [0.15, 0.2) is 0 Å². The maximum absolute atomic E-state index is 10.0. The van der Waals surface area contributed by atoms with Crippen LogP contribution in [-0.2, 0) is 11.2 Å². The minimum absolute atomic E-state index is 0.453. The van der Waals surface area contributed by atoms with E-state index in [1.54, 1.807) is 20.8 Å². The molecule has 6 nitrogen and oxygen atoms in total. The standard InChI is InChI=1S/C11H17N3.C5H11NO2/c1-2-10-4-3-5-11(13-10)14-8-6-12-7-9-14;1-5(2,3)8-4(6)7/h3-5,12H,2,6-9H2,1H3;1-3H3,(H2,6,7). The van der Waals surface area contributed by atoms with Gasteiger partial charge in [-0.2, -0.15) is 0 Å². The van der Waals surface area contributed by atoms with Crippen molar-refractivity contribution in [3.8, 4) is 0 Å². The molecule has 2 rings (SSSR count). The zero-order valence-corrected chi connectivity index (χ0v) is 14.1. The fourth-order valence-corrected chi connectivity index (χ4v) is 2.04. The number of carbonyl (C=O) groups excluding carboxylic acids is 1. The number of carbonyl (C=O) groups is 1. The molecule has 1 aliphatic heterocycles. The van der Waals surface area contributed by atoms with E-state index in [0.717, 1.165) is 38.4 Å². The monoisotopic (exact) mass is 308 g/mol. The second kappa shape index (κ2) is 8.58. The topological polar surface area (TPSA) is 80.5 Å². The first-order valence-corrected chi connectivity index (χ1v) is 7.72. The van der Waals surface area contributed by atoms with Crippen LogP contribution in [0.1, 0.15) is 33.4 Å². The SMILES string of the molecule is CC(C)(C)OC(N)=O.CCc1cccc(N2CCNCC2)n1. The lowest BCUT2D eigenvalue weighted by atomic mass is 10.2. The van der Waals surface area contributed by atoms with Crippen molar-refractivity contribution in [3.05, 3.63) is 23.9 Å². The average molecular weight is 308 g/mol. The Morgan fingerprint density at radius 1 is 1.36 bits per heavy atom. The van der Waals surface area contributed by atoms with E-state index in [2.05, 4.69) is 45.1 Å². The van der Waals surface area contributed by atoms with Gasteiger partial charge in [-0.3, -0.25) is 0 Å². The van der Waals surface area contributed by atoms with E-state index in [1.165, 1.54) is 5.69 Å². The Labute approximate surface area is 133 Å². The zero-order chi connectivity index (χ0) is 16.6. The number of piperazine rings is 1. The van der Waals surface area contributed by atoms with E-state index < -0.39 is 11.7 Å². The number of rotatable bonds is 2. The summed E-state index contributed by atoms with van der Waals surface area (Å²) in [4.78, 5) is 17.0. The lowest BCUT2D eigenvalue weighted by Crippen LogP contribution is -2.43. The Morgan fingerprint density at radius 2 is 2.00 bits per heavy atom. The summed E-state index contributed by atoms with van der Waals surface area (Å²) in [6.45, 7) is 11.7. The molecular weight excluding hydrogens is 280 g/mol. The summed E-state index contributed by atoms with van der Waals surface area (Å²) < 4.78 is 4.58. The number of aryl methyl sites for hydroxylation is 1. The number of anilines is 1. The molecular formula is C16H28N4O2. The lowest BCUT2D eigenvalue weighted by Gasteiger charge is -2.28. The van der Waals surface area contributed by atoms with Crippen LogP contribution in [0.25, 0.3) is 0 Å². The molecule has 1 amide bonds. The van der Waals surface area contributed by atoms with E-state index in [4.69, 9.17) is 5.73 Å². The lowest BCUT2D eigenvalue weighted by molar-refractivity contribution is 0.0600. The van der Waals surface area contributed by atoms with Crippen LogP contribution in [0.3, 0.4) is 0 Å². The van der Waals surface area contributed by atoms with Gasteiger partial charge in [-0.05, 0) is 39.3 Å². The van der Waals surface area contributed by atoms with Crippen LogP contribution < -0.4 is 16.0 Å². The molecule has 2 heterocycles. The molecule has 1 fully saturated rings. The number of amides is 1. The predicted molar refractivity (Wildman–Crippen MR) is 89.1 cm³/mol. The number of aromatic nitrogens is 1. The third-order valence-electron chi connectivity index (χ3n) is 3.00. The highest BCUT2D eigenvalue weighted by molar-refractivity contribution is 5.65. The van der Waals surface area contributed by atoms with Gasteiger partial charge in [0.1, 0.15) is 11.4 Å². The van der Waals surface area contributed by atoms with Crippen LogP contribution in [-0.4, -0.2) is 42.9 Å². The van der Waals surface area contributed by atoms with E-state index in [-0.39, 0.29) is 0 Å². The number of nitrogens with two attached hydrogens (primary N) is 1. The smallest absolute Gasteiger partial charge is 0.405 e. The number of nitrogens with one attached hydrogen (secondary N) is 1. The van der Waals surface area contributed by atoms with Crippen LogP contribution in [0.5, 0.6) is 0 Å². The molecule has 0 bridgehead atoms. The molecule has 6 heteroatoms. The average Bonchev–Trinajstić information content (AvgIpc) is 2.46. The van der Waals surface area contributed by atoms with Gasteiger partial charge in [-0.1, -0.05) is 13.0 Å². The molecule has 1 aliphatic rings. The Bertz CT molecular complexity index is 465. The molecule has 22 heavy (non-hydrogen) atoms. The molecule has 0 aromatic carbocycles. The number of primary amides is 1. The summed E-state index contributed by atoms with van der Waals surface area (Å²) in [5, 5.41) is 3.34. The minimum Gasteiger partial charge on any atom is -0.444 e. The van der Waals surface area contributed by atoms with Crippen LogP contribution in [0, 0.1) is 0 Å². The third-order valence-corrected chi connectivity index (χ3v) is 3.00. The Balaban J connectivity index is 0.000000261. The molecule has 0 radical (unpaired) electrons. The first-order valence-electron chi connectivity index (χ1n) is 7.72. The molecule has 0 aliphatic carbocycles. The first-order chi connectivity index (χ1) is 10.3. The van der Waals surface area contributed by atoms with Gasteiger partial charge in [0.25, 0.3) is 0 Å². The Hall–Kier alpha value is -1.82. The largest absolute Gasteiger partial charge is 0.444 e. The van der Waals surface area contributed by atoms with Crippen molar-refractivity contribution in [2.24, 2.45) is 5.73 Å². The number of pyridine rings is 1. The Kier molecular flexibility index (Phi) is 7.11. The summed E-state index contributed by atoms with van der Waals surface area (Å²) >= 11 is 0. The summed E-state index contributed by atoms with van der Waals surface area (Å²) in [5.41, 5.74) is 5.45. The molecule has 1 aromatic rings. The maximum atomic E-state index is 10.0. The van der Waals surface area contributed by atoms with Crippen molar-refractivity contribution in [3.63, 3.8) is 0 Å². The fourth-order valence-electron chi connectivity index (χ4n) is 2.04. The van der Waals surface area contributed by atoms with E-state index in [1.807, 2.05) is 0 Å². The molecule has 0 spiro atoms. The van der Waals surface area contributed by atoms with E-state index >= 15 is 0 Å². The van der Waals surface area contributed by atoms with Crippen molar-refractivity contribution in [1.82, 2.24) is 10.3 Å². The maximum Gasteiger partial charge on any atom is 0.405 e. The van der Waals surface area contributed by atoms with Crippen LogP contribution in [0.2, 0.25) is 0 Å². The number of ether oxygens (including phenoxy) is 1. The van der Waals surface area contributed by atoms with Gasteiger partial charge in [0.2, 0.25) is 0 Å². The third kappa shape index (κ3) is 7.26. The summed E-state index contributed by atoms with van der Waals surface area (Å²) in [6.07, 6.45) is 0.289. The van der Waals surface area contributed by atoms with Crippen molar-refractivity contribution < 1.29 is 9.53 Å². The first kappa shape index (κ1) is 18.2. The zero-order valence-electron chi connectivity index (χ0n) is 14.1. The van der Waals surface area contributed by atoms with Crippen molar-refractivity contribution in [2.45, 2.75) is 39.7 Å². The number of hydrogen-bond acceptors (Lipinski definition) is 5. The second-order valence-electron chi connectivity index (χ2n) is 6.11. The highest BCUT2D eigenvalue weighted by Gasteiger charge is 2.12. The summed E-state index contributed by atoms with van der Waals surface area (Å²) in [6, 6.07) is 6.29. The summed E-state index contributed by atoms with van der Waals surface area (Å²) in [7, 11) is 0. The van der Waals surface area contributed by atoms with Crippen LogP contribution in [0.4, 0.5) is 10.6 Å². The van der Waals surface area contributed by atoms with Gasteiger partial charge in [-0.15, -0.1) is 0 Å². The molecule has 124 valence electrons. The van der Waals surface area contributed by atoms with Crippen molar-refractivity contribution in [2.75, 3.05) is 31.1 Å². The van der Waals surface area contributed by atoms with Gasteiger partial charge >= 0.3 is 6.09 Å². The molecule has 1 aromatic heterocycles. The molecule has 3 N–H and O–H groups in total. The predicted octanol–water partition coefficient (Wildman–Crippen LogP) is 1.93. The van der Waals surface area contributed by atoms with E-state index in [0.29, 0.717) is 0 Å². The highest BCUT2D eigenvalue weighted by atomic mass is 16.6. The van der Waals surface area contributed by atoms with Gasteiger partial charge < -0.3 is 20.7 Å². The second-order valence-corrected chi connectivity index (χ2v) is 6.11. The number of hydrogen-bond donors (Lipinski definition) is 2. The van der Waals surface area contributed by atoms with Crippen molar-refractivity contribution in [1.29, 1.82) is 0 Å². The normalized spacial score (nSPS) is 14.8. The molecule has 0 saturated carbocycles. The van der Waals surface area contributed by atoms with Gasteiger partial charge in [-0.25, -0.2) is 9.78 Å². The van der Waals surface area contributed by atoms with E-state index in [9.17, 15) is 4.79 Å². The van der Waals surface area contributed by atoms with Crippen LogP contribution >= 0.6 is 0 Å². The number of nitrogens with zero attached hydrogens (tertiary/aromatic N) is 2. The van der Waals surface area contributed by atoms with Gasteiger partial charge in [0, 0.05) is 31.9 Å². The fraction of sp³-hybridized carbons (Fsp3) is 0.625.